The molecule has 0 aliphatic carbocycles. The summed E-state index contributed by atoms with van der Waals surface area (Å²) in [5.74, 6) is -1.18. The van der Waals surface area contributed by atoms with Crippen LogP contribution in [0.4, 0.5) is 5.13 Å². The van der Waals surface area contributed by atoms with Crippen LogP contribution in [-0.4, -0.2) is 30.0 Å². The van der Waals surface area contributed by atoms with E-state index in [4.69, 9.17) is 0 Å². The number of anilines is 1. The summed E-state index contributed by atoms with van der Waals surface area (Å²) >= 11 is 1.36. The topological polar surface area (TPSA) is 80.2 Å². The van der Waals surface area contributed by atoms with Crippen molar-refractivity contribution in [3.8, 4) is 0 Å². The maximum absolute atomic E-state index is 13.3. The van der Waals surface area contributed by atoms with Crippen molar-refractivity contribution in [2.24, 2.45) is 0 Å². The molecule has 158 valence electrons. The number of para-hydroxylation sites is 1. The van der Waals surface area contributed by atoms with Crippen LogP contribution in [0, 0.1) is 13.8 Å². The molecule has 0 saturated heterocycles. The summed E-state index contributed by atoms with van der Waals surface area (Å²) in [7, 11) is -3.79. The largest absolute Gasteiger partial charge is 0.281 e. The molecule has 1 amide bonds. The van der Waals surface area contributed by atoms with Crippen molar-refractivity contribution in [2.45, 2.75) is 25.3 Å². The first kappa shape index (κ1) is 21.1. The molecule has 0 spiro atoms. The van der Waals surface area contributed by atoms with Crippen LogP contribution in [-0.2, 0) is 21.2 Å². The molecule has 31 heavy (non-hydrogen) atoms. The molecule has 4 rings (SSSR count). The number of hydrogen-bond acceptors (Lipinski definition) is 6. The number of benzene rings is 2. The fourth-order valence-electron chi connectivity index (χ4n) is 3.18. The molecule has 0 bridgehead atoms. The first-order valence-corrected chi connectivity index (χ1v) is 12.2. The summed E-state index contributed by atoms with van der Waals surface area (Å²) in [5.41, 5.74) is 3.41. The smallest absolute Gasteiger partial charge is 0.244 e. The van der Waals surface area contributed by atoms with Crippen molar-refractivity contribution >= 4 is 42.4 Å². The molecule has 2 aromatic carbocycles. The highest BCUT2D eigenvalue weighted by molar-refractivity contribution is 7.92. The number of fused-ring (bicyclic) bond motifs is 1. The Balaban J connectivity index is 1.70. The fraction of sp³-hybridized carbons (Fsp3) is 0.174. The van der Waals surface area contributed by atoms with Crippen LogP contribution in [0.3, 0.4) is 0 Å². The van der Waals surface area contributed by atoms with Gasteiger partial charge in [0.1, 0.15) is 5.75 Å². The van der Waals surface area contributed by atoms with E-state index in [-0.39, 0.29) is 11.4 Å². The van der Waals surface area contributed by atoms with Gasteiger partial charge in [-0.25, -0.2) is 13.4 Å². The number of aromatic nitrogens is 2. The second-order valence-corrected chi connectivity index (χ2v) is 10.3. The molecule has 0 atom stereocenters. The van der Waals surface area contributed by atoms with Crippen molar-refractivity contribution < 1.29 is 13.2 Å². The summed E-state index contributed by atoms with van der Waals surface area (Å²) < 4.78 is 26.7. The van der Waals surface area contributed by atoms with Gasteiger partial charge in [0.25, 0.3) is 0 Å². The van der Waals surface area contributed by atoms with Gasteiger partial charge in [-0.3, -0.25) is 14.7 Å². The maximum Gasteiger partial charge on any atom is 0.244 e. The monoisotopic (exact) mass is 451 g/mol. The van der Waals surface area contributed by atoms with Gasteiger partial charge in [0.15, 0.2) is 15.0 Å². The summed E-state index contributed by atoms with van der Waals surface area (Å²) in [6.45, 7) is 3.98. The third-order valence-corrected chi connectivity index (χ3v) is 7.54. The lowest BCUT2D eigenvalue weighted by atomic mass is 10.2. The second-order valence-electron chi connectivity index (χ2n) is 7.29. The third-order valence-electron chi connectivity index (χ3n) is 4.88. The summed E-state index contributed by atoms with van der Waals surface area (Å²) in [6.07, 6.45) is 1.64. The van der Waals surface area contributed by atoms with Crippen molar-refractivity contribution in [3.05, 3.63) is 83.7 Å². The minimum absolute atomic E-state index is 0.129. The van der Waals surface area contributed by atoms with Crippen molar-refractivity contribution in [3.63, 3.8) is 0 Å². The normalized spacial score (nSPS) is 11.5. The molecular weight excluding hydrogens is 430 g/mol. The van der Waals surface area contributed by atoms with E-state index in [0.29, 0.717) is 10.8 Å². The summed E-state index contributed by atoms with van der Waals surface area (Å²) in [6, 6.07) is 17.8. The second kappa shape index (κ2) is 8.56. The lowest BCUT2D eigenvalue weighted by Gasteiger charge is -2.19. The van der Waals surface area contributed by atoms with Crippen LogP contribution in [0.2, 0.25) is 0 Å². The van der Waals surface area contributed by atoms with Gasteiger partial charge in [-0.05, 0) is 49.7 Å². The standard InChI is InChI=1S/C23H21N3O3S2/c1-16-9-11-19(12-10-16)31(28,29)15-21(27)26(14-18-7-3-4-13-24-18)23-25-22-17(2)6-5-8-20(22)30-23/h3-13H,14-15H2,1-2H3. The van der Waals surface area contributed by atoms with Gasteiger partial charge in [-0.1, -0.05) is 47.2 Å². The van der Waals surface area contributed by atoms with E-state index in [0.717, 1.165) is 21.3 Å². The number of aryl methyl sites for hydroxylation is 2. The molecule has 4 aromatic rings. The van der Waals surface area contributed by atoms with Crippen LogP contribution in [0.1, 0.15) is 16.8 Å². The molecule has 0 fully saturated rings. The van der Waals surface area contributed by atoms with E-state index >= 15 is 0 Å². The van der Waals surface area contributed by atoms with Gasteiger partial charge in [-0.15, -0.1) is 0 Å². The number of carbonyl (C=O) groups excluding carboxylic acids is 1. The lowest BCUT2D eigenvalue weighted by molar-refractivity contribution is -0.116. The SMILES string of the molecule is Cc1ccc(S(=O)(=O)CC(=O)N(Cc2ccccn2)c2nc3c(C)cccc3s2)cc1. The number of carbonyl (C=O) groups is 1. The minimum Gasteiger partial charge on any atom is -0.281 e. The Morgan fingerprint density at radius 3 is 2.45 bits per heavy atom. The highest BCUT2D eigenvalue weighted by Crippen LogP contribution is 2.31. The zero-order valence-electron chi connectivity index (χ0n) is 17.1. The Kier molecular flexibility index (Phi) is 5.84. The van der Waals surface area contributed by atoms with Crippen LogP contribution in [0.25, 0.3) is 10.2 Å². The molecule has 0 saturated carbocycles. The molecule has 0 radical (unpaired) electrons. The van der Waals surface area contributed by atoms with Crippen LogP contribution >= 0.6 is 11.3 Å². The van der Waals surface area contributed by atoms with Gasteiger partial charge in [0, 0.05) is 6.20 Å². The molecule has 0 aliphatic rings. The van der Waals surface area contributed by atoms with Crippen molar-refractivity contribution in [2.75, 3.05) is 10.7 Å². The van der Waals surface area contributed by atoms with E-state index in [2.05, 4.69) is 9.97 Å². The van der Waals surface area contributed by atoms with Gasteiger partial charge >= 0.3 is 0 Å². The molecule has 0 aliphatic heterocycles. The molecule has 2 aromatic heterocycles. The fourth-order valence-corrected chi connectivity index (χ4v) is 5.43. The third kappa shape index (κ3) is 4.65. The number of pyridine rings is 1. The lowest BCUT2D eigenvalue weighted by Crippen LogP contribution is -2.35. The highest BCUT2D eigenvalue weighted by Gasteiger charge is 2.27. The Hall–Kier alpha value is -3.10. The van der Waals surface area contributed by atoms with Crippen molar-refractivity contribution in [1.29, 1.82) is 0 Å². The first-order chi connectivity index (χ1) is 14.8. The molecule has 6 nitrogen and oxygen atoms in total. The van der Waals surface area contributed by atoms with E-state index in [9.17, 15) is 13.2 Å². The highest BCUT2D eigenvalue weighted by atomic mass is 32.2. The first-order valence-electron chi connectivity index (χ1n) is 9.69. The summed E-state index contributed by atoms with van der Waals surface area (Å²) in [5, 5.41) is 0.457. The maximum atomic E-state index is 13.3. The van der Waals surface area contributed by atoms with Crippen LogP contribution < -0.4 is 4.90 Å². The number of sulfone groups is 1. The minimum atomic E-state index is -3.79. The number of nitrogens with zero attached hydrogens (tertiary/aromatic N) is 3. The Bertz CT molecular complexity index is 1330. The number of hydrogen-bond donors (Lipinski definition) is 0. The van der Waals surface area contributed by atoms with Crippen LogP contribution in [0.5, 0.6) is 0 Å². The number of rotatable bonds is 6. The van der Waals surface area contributed by atoms with E-state index in [1.165, 1.54) is 28.4 Å². The van der Waals surface area contributed by atoms with Gasteiger partial charge in [-0.2, -0.15) is 0 Å². The zero-order chi connectivity index (χ0) is 22.0. The van der Waals surface area contributed by atoms with E-state index in [1.54, 1.807) is 30.5 Å². The van der Waals surface area contributed by atoms with E-state index < -0.39 is 21.5 Å². The van der Waals surface area contributed by atoms with Gasteiger partial charge in [0.2, 0.25) is 5.91 Å². The predicted molar refractivity (Wildman–Crippen MR) is 123 cm³/mol. The quantitative estimate of drug-likeness (QED) is 0.436. The molecule has 8 heteroatoms. The number of amides is 1. The Morgan fingerprint density at radius 2 is 1.77 bits per heavy atom. The number of thiazole rings is 1. The average Bonchev–Trinajstić information content (AvgIpc) is 3.18. The zero-order valence-corrected chi connectivity index (χ0v) is 18.8. The Morgan fingerprint density at radius 1 is 1.00 bits per heavy atom. The van der Waals surface area contributed by atoms with Crippen LogP contribution in [0.15, 0.2) is 71.8 Å². The van der Waals surface area contributed by atoms with Gasteiger partial charge in [0.05, 0.1) is 27.4 Å². The predicted octanol–water partition coefficient (Wildman–Crippen LogP) is 4.32. The summed E-state index contributed by atoms with van der Waals surface area (Å²) in [4.78, 5) is 23.7. The van der Waals surface area contributed by atoms with Crippen molar-refractivity contribution in [1.82, 2.24) is 9.97 Å². The molecular formula is C23H21N3O3S2. The molecule has 0 unspecified atom stereocenters. The Labute approximate surface area is 185 Å². The molecule has 0 N–H and O–H groups in total. The van der Waals surface area contributed by atoms with E-state index in [1.807, 2.05) is 38.1 Å². The average molecular weight is 452 g/mol. The molecule has 2 heterocycles. The van der Waals surface area contributed by atoms with Gasteiger partial charge < -0.3 is 0 Å².